The highest BCUT2D eigenvalue weighted by molar-refractivity contribution is 5.23. The van der Waals surface area contributed by atoms with Crippen molar-refractivity contribution < 1.29 is 5.11 Å². The van der Waals surface area contributed by atoms with Gasteiger partial charge in [0.25, 0.3) is 0 Å². The van der Waals surface area contributed by atoms with Gasteiger partial charge in [0.2, 0.25) is 0 Å². The Balaban J connectivity index is 1.74. The van der Waals surface area contributed by atoms with E-state index < -0.39 is 5.66 Å². The molecule has 1 heterocycles. The van der Waals surface area contributed by atoms with Gasteiger partial charge in [-0.2, -0.15) is 0 Å². The fraction of sp³-hybridized carbons (Fsp3) is 0.700. The van der Waals surface area contributed by atoms with Crippen LogP contribution in [0.4, 0.5) is 0 Å². The van der Waals surface area contributed by atoms with Crippen LogP contribution in [0.25, 0.3) is 0 Å². The maximum absolute atomic E-state index is 9.53. The van der Waals surface area contributed by atoms with E-state index in [1.165, 1.54) is 56.1 Å². The largest absolute Gasteiger partial charge is 0.393 e. The van der Waals surface area contributed by atoms with Gasteiger partial charge in [-0.25, -0.2) is 0 Å². The first kappa shape index (κ1) is 18.4. The highest BCUT2D eigenvalue weighted by atomic mass is 16.3. The number of rotatable bonds is 10. The Morgan fingerprint density at radius 1 is 1.04 bits per heavy atom. The van der Waals surface area contributed by atoms with E-state index >= 15 is 0 Å². The Kier molecular flexibility index (Phi) is 7.54. The summed E-state index contributed by atoms with van der Waals surface area (Å²) in [6, 6.07) is 8.97. The first-order chi connectivity index (χ1) is 11.2. The maximum atomic E-state index is 9.53. The topological polar surface area (TPSA) is 49.5 Å². The molecule has 2 rings (SSSR count). The average molecular weight is 319 g/mol. The molecule has 1 aliphatic heterocycles. The highest BCUT2D eigenvalue weighted by Gasteiger charge is 2.36. The SMILES string of the molecule is CCCCCCCCc1ccc(CN2CCCC2(N)CO)cc1. The van der Waals surface area contributed by atoms with Crippen LogP contribution in [0, 0.1) is 0 Å². The standard InChI is InChI=1S/C20H34N2O/c1-2-3-4-5-6-7-9-18-10-12-19(13-11-18)16-22-15-8-14-20(22,21)17-23/h10-13,23H,2-9,14-17,21H2,1H3. The number of aryl methyl sites for hydroxylation is 1. The average Bonchev–Trinajstić information content (AvgIpc) is 2.94. The van der Waals surface area contributed by atoms with E-state index in [4.69, 9.17) is 5.73 Å². The number of hydrogen-bond acceptors (Lipinski definition) is 3. The predicted molar refractivity (Wildman–Crippen MR) is 97.2 cm³/mol. The van der Waals surface area contributed by atoms with Gasteiger partial charge in [-0.15, -0.1) is 0 Å². The van der Waals surface area contributed by atoms with E-state index in [-0.39, 0.29) is 6.61 Å². The number of hydrogen-bond donors (Lipinski definition) is 2. The first-order valence-electron chi connectivity index (χ1n) is 9.40. The summed E-state index contributed by atoms with van der Waals surface area (Å²) in [5.41, 5.74) is 8.49. The van der Waals surface area contributed by atoms with Crippen LogP contribution < -0.4 is 5.73 Å². The van der Waals surface area contributed by atoms with Gasteiger partial charge < -0.3 is 10.8 Å². The maximum Gasteiger partial charge on any atom is 0.0928 e. The zero-order chi connectivity index (χ0) is 16.5. The molecule has 1 aromatic carbocycles. The van der Waals surface area contributed by atoms with Crippen molar-refractivity contribution in [3.8, 4) is 0 Å². The lowest BCUT2D eigenvalue weighted by molar-refractivity contribution is 0.0633. The van der Waals surface area contributed by atoms with Gasteiger partial charge in [0.05, 0.1) is 12.3 Å². The van der Waals surface area contributed by atoms with Gasteiger partial charge >= 0.3 is 0 Å². The summed E-state index contributed by atoms with van der Waals surface area (Å²) in [6.45, 7) is 4.13. The van der Waals surface area contributed by atoms with Crippen molar-refractivity contribution in [2.75, 3.05) is 13.2 Å². The van der Waals surface area contributed by atoms with Crippen molar-refractivity contribution in [3.05, 3.63) is 35.4 Å². The molecule has 1 saturated heterocycles. The third kappa shape index (κ3) is 5.59. The van der Waals surface area contributed by atoms with Crippen LogP contribution in [-0.2, 0) is 13.0 Å². The number of benzene rings is 1. The normalized spacial score (nSPS) is 21.9. The van der Waals surface area contributed by atoms with Crippen molar-refractivity contribution in [3.63, 3.8) is 0 Å². The Hall–Kier alpha value is -0.900. The number of unbranched alkanes of at least 4 members (excludes halogenated alkanes) is 5. The molecule has 0 saturated carbocycles. The first-order valence-corrected chi connectivity index (χ1v) is 9.40. The van der Waals surface area contributed by atoms with Crippen LogP contribution in [0.1, 0.15) is 69.4 Å². The minimum absolute atomic E-state index is 0.0448. The fourth-order valence-electron chi connectivity index (χ4n) is 3.51. The minimum Gasteiger partial charge on any atom is -0.393 e. The lowest BCUT2D eigenvalue weighted by Crippen LogP contribution is -2.54. The van der Waals surface area contributed by atoms with Gasteiger partial charge in [0, 0.05) is 13.1 Å². The summed E-state index contributed by atoms with van der Waals surface area (Å²) in [5.74, 6) is 0. The van der Waals surface area contributed by atoms with Crippen LogP contribution >= 0.6 is 0 Å². The molecule has 3 heteroatoms. The van der Waals surface area contributed by atoms with Crippen LogP contribution in [0.3, 0.4) is 0 Å². The highest BCUT2D eigenvalue weighted by Crippen LogP contribution is 2.26. The molecule has 0 aliphatic carbocycles. The van der Waals surface area contributed by atoms with Gasteiger partial charge in [-0.05, 0) is 36.8 Å². The molecule has 1 aliphatic rings. The van der Waals surface area contributed by atoms with Gasteiger partial charge in [-0.3, -0.25) is 4.90 Å². The second kappa shape index (κ2) is 9.41. The van der Waals surface area contributed by atoms with Crippen molar-refractivity contribution in [2.24, 2.45) is 5.73 Å². The molecule has 0 radical (unpaired) electrons. The van der Waals surface area contributed by atoms with Crippen LogP contribution in [0.2, 0.25) is 0 Å². The number of aliphatic hydroxyl groups is 1. The number of nitrogens with two attached hydrogens (primary N) is 1. The van der Waals surface area contributed by atoms with E-state index in [0.29, 0.717) is 0 Å². The molecule has 1 aromatic rings. The summed E-state index contributed by atoms with van der Waals surface area (Å²) in [4.78, 5) is 2.22. The molecule has 23 heavy (non-hydrogen) atoms. The molecule has 130 valence electrons. The Morgan fingerprint density at radius 3 is 2.39 bits per heavy atom. The van der Waals surface area contributed by atoms with E-state index in [9.17, 15) is 5.11 Å². The molecule has 1 fully saturated rings. The van der Waals surface area contributed by atoms with Crippen molar-refractivity contribution in [1.82, 2.24) is 4.90 Å². The summed E-state index contributed by atoms with van der Waals surface area (Å²) < 4.78 is 0. The summed E-state index contributed by atoms with van der Waals surface area (Å²) in [5, 5.41) is 9.53. The lowest BCUT2D eigenvalue weighted by Gasteiger charge is -2.33. The van der Waals surface area contributed by atoms with E-state index in [1.54, 1.807) is 0 Å². The predicted octanol–water partition coefficient (Wildman–Crippen LogP) is 3.83. The molecule has 0 bridgehead atoms. The molecule has 1 atom stereocenters. The minimum atomic E-state index is -0.517. The summed E-state index contributed by atoms with van der Waals surface area (Å²) >= 11 is 0. The fourth-order valence-corrected chi connectivity index (χ4v) is 3.51. The van der Waals surface area contributed by atoms with Crippen LogP contribution in [-0.4, -0.2) is 28.8 Å². The molecule has 0 spiro atoms. The van der Waals surface area contributed by atoms with Crippen molar-refractivity contribution in [1.29, 1.82) is 0 Å². The van der Waals surface area contributed by atoms with Gasteiger partial charge in [0.15, 0.2) is 0 Å². The number of likely N-dealkylation sites (tertiary alicyclic amines) is 1. The monoisotopic (exact) mass is 318 g/mol. The Morgan fingerprint density at radius 2 is 1.70 bits per heavy atom. The zero-order valence-corrected chi connectivity index (χ0v) is 14.8. The second-order valence-electron chi connectivity index (χ2n) is 7.12. The smallest absolute Gasteiger partial charge is 0.0928 e. The van der Waals surface area contributed by atoms with Crippen molar-refractivity contribution >= 4 is 0 Å². The lowest BCUT2D eigenvalue weighted by atomic mass is 10.0. The molecule has 1 unspecified atom stereocenters. The van der Waals surface area contributed by atoms with E-state index in [2.05, 4.69) is 36.1 Å². The Labute approximate surface area is 141 Å². The van der Waals surface area contributed by atoms with Crippen LogP contribution in [0.15, 0.2) is 24.3 Å². The Bertz CT molecular complexity index is 445. The van der Waals surface area contributed by atoms with Gasteiger partial charge in [0.1, 0.15) is 0 Å². The summed E-state index contributed by atoms with van der Waals surface area (Å²) in [6.07, 6.45) is 11.3. The number of nitrogens with zero attached hydrogens (tertiary/aromatic N) is 1. The second-order valence-corrected chi connectivity index (χ2v) is 7.12. The summed E-state index contributed by atoms with van der Waals surface area (Å²) in [7, 11) is 0. The van der Waals surface area contributed by atoms with E-state index in [0.717, 1.165) is 25.9 Å². The zero-order valence-electron chi connectivity index (χ0n) is 14.8. The molecule has 3 nitrogen and oxygen atoms in total. The van der Waals surface area contributed by atoms with Gasteiger partial charge in [-0.1, -0.05) is 63.3 Å². The number of aliphatic hydroxyl groups excluding tert-OH is 1. The van der Waals surface area contributed by atoms with Crippen LogP contribution in [0.5, 0.6) is 0 Å². The quantitative estimate of drug-likeness (QED) is 0.645. The molecular weight excluding hydrogens is 284 g/mol. The third-order valence-electron chi connectivity index (χ3n) is 5.16. The van der Waals surface area contributed by atoms with Crippen molar-refractivity contribution in [2.45, 2.75) is 76.9 Å². The molecule has 0 aromatic heterocycles. The molecule has 3 N–H and O–H groups in total. The molecule has 0 amide bonds. The third-order valence-corrected chi connectivity index (χ3v) is 5.16. The van der Waals surface area contributed by atoms with E-state index in [1.807, 2.05) is 0 Å². The molecular formula is C20H34N2O.